The third-order valence-corrected chi connectivity index (χ3v) is 5.18. The number of fused-ring (bicyclic) bond motifs is 2. The van der Waals surface area contributed by atoms with Gasteiger partial charge in [-0.15, -0.1) is 11.3 Å². The van der Waals surface area contributed by atoms with Gasteiger partial charge in [0, 0.05) is 23.4 Å². The molecular formula is C15H21NOS. The van der Waals surface area contributed by atoms with Gasteiger partial charge in [-0.1, -0.05) is 12.2 Å². The quantitative estimate of drug-likeness (QED) is 0.796. The fourth-order valence-corrected chi connectivity index (χ4v) is 4.21. The number of rotatable bonds is 6. The van der Waals surface area contributed by atoms with Gasteiger partial charge in [0.2, 0.25) is 0 Å². The van der Waals surface area contributed by atoms with E-state index in [1.165, 1.54) is 29.1 Å². The highest BCUT2D eigenvalue weighted by molar-refractivity contribution is 7.11. The van der Waals surface area contributed by atoms with E-state index in [1.54, 1.807) is 7.11 Å². The summed E-state index contributed by atoms with van der Waals surface area (Å²) < 4.78 is 5.14. The first kappa shape index (κ1) is 12.4. The van der Waals surface area contributed by atoms with E-state index in [4.69, 9.17) is 4.74 Å². The predicted octanol–water partition coefficient (Wildman–Crippen LogP) is 3.20. The molecule has 2 aliphatic carbocycles. The smallest absolute Gasteiger partial charge is 0.0805 e. The molecule has 0 aromatic carbocycles. The summed E-state index contributed by atoms with van der Waals surface area (Å²) in [5.74, 6) is 2.62. The third-order valence-electron chi connectivity index (χ3n) is 4.13. The van der Waals surface area contributed by atoms with Gasteiger partial charge in [0.05, 0.1) is 6.61 Å². The molecule has 0 amide bonds. The predicted molar refractivity (Wildman–Crippen MR) is 75.6 cm³/mol. The lowest BCUT2D eigenvalue weighted by Gasteiger charge is -2.18. The Morgan fingerprint density at radius 1 is 1.28 bits per heavy atom. The average Bonchev–Trinajstić information content (AvgIpc) is 3.06. The molecular weight excluding hydrogens is 242 g/mol. The highest BCUT2D eigenvalue weighted by atomic mass is 32.1. The van der Waals surface area contributed by atoms with E-state index in [-0.39, 0.29) is 0 Å². The number of methoxy groups -OCH3 is 1. The first-order valence-corrected chi connectivity index (χ1v) is 7.62. The maximum atomic E-state index is 5.14. The SMILES string of the molecule is COCc1ccc(CNCC2CC3C=CC2C3)s1. The normalized spacial score (nSPS) is 29.3. The number of hydrogen-bond donors (Lipinski definition) is 1. The lowest BCUT2D eigenvalue weighted by atomic mass is 9.94. The number of ether oxygens (including phenoxy) is 1. The van der Waals surface area contributed by atoms with Crippen LogP contribution in [0.1, 0.15) is 22.6 Å². The Balaban J connectivity index is 1.42. The van der Waals surface area contributed by atoms with E-state index >= 15 is 0 Å². The summed E-state index contributed by atoms with van der Waals surface area (Å²) in [6.45, 7) is 2.91. The summed E-state index contributed by atoms with van der Waals surface area (Å²) in [6, 6.07) is 4.39. The number of hydrogen-bond acceptors (Lipinski definition) is 3. The molecule has 1 aromatic rings. The van der Waals surface area contributed by atoms with Gasteiger partial charge in [-0.2, -0.15) is 0 Å². The van der Waals surface area contributed by atoms with Gasteiger partial charge in [-0.05, 0) is 49.3 Å². The first-order valence-electron chi connectivity index (χ1n) is 6.80. The fourth-order valence-electron chi connectivity index (χ4n) is 3.25. The van der Waals surface area contributed by atoms with Crippen molar-refractivity contribution < 1.29 is 4.74 Å². The standard InChI is InChI=1S/C15H21NOS/c1-17-10-15-5-4-14(18-15)9-16-8-13-7-11-2-3-12(13)6-11/h2-5,11-13,16H,6-10H2,1H3. The molecule has 1 fully saturated rings. The minimum atomic E-state index is 0.738. The molecule has 3 unspecified atom stereocenters. The van der Waals surface area contributed by atoms with Gasteiger partial charge >= 0.3 is 0 Å². The Morgan fingerprint density at radius 3 is 2.89 bits per heavy atom. The van der Waals surface area contributed by atoms with Crippen molar-refractivity contribution in [1.82, 2.24) is 5.32 Å². The lowest BCUT2D eigenvalue weighted by molar-refractivity contribution is 0.187. The topological polar surface area (TPSA) is 21.3 Å². The average molecular weight is 263 g/mol. The van der Waals surface area contributed by atoms with Crippen LogP contribution in [-0.4, -0.2) is 13.7 Å². The van der Waals surface area contributed by atoms with Crippen LogP contribution in [0.2, 0.25) is 0 Å². The van der Waals surface area contributed by atoms with E-state index in [0.717, 1.165) is 30.9 Å². The maximum Gasteiger partial charge on any atom is 0.0805 e. The molecule has 2 nitrogen and oxygen atoms in total. The molecule has 0 spiro atoms. The van der Waals surface area contributed by atoms with Crippen LogP contribution in [0.15, 0.2) is 24.3 Å². The maximum absolute atomic E-state index is 5.14. The van der Waals surface area contributed by atoms with Crippen molar-refractivity contribution in [1.29, 1.82) is 0 Å². The zero-order valence-electron chi connectivity index (χ0n) is 10.9. The van der Waals surface area contributed by atoms with E-state index in [9.17, 15) is 0 Å². The van der Waals surface area contributed by atoms with Gasteiger partial charge in [0.15, 0.2) is 0 Å². The summed E-state index contributed by atoms with van der Waals surface area (Å²) in [7, 11) is 1.75. The van der Waals surface area contributed by atoms with Crippen LogP contribution in [0.4, 0.5) is 0 Å². The molecule has 2 aliphatic rings. The summed E-state index contributed by atoms with van der Waals surface area (Å²) in [4.78, 5) is 2.73. The molecule has 3 atom stereocenters. The molecule has 0 saturated heterocycles. The summed E-state index contributed by atoms with van der Waals surface area (Å²) in [5, 5.41) is 3.62. The van der Waals surface area contributed by atoms with Gasteiger partial charge in [0.1, 0.15) is 0 Å². The molecule has 98 valence electrons. The Hall–Kier alpha value is -0.640. The van der Waals surface area contributed by atoms with Crippen LogP contribution in [0, 0.1) is 17.8 Å². The molecule has 2 bridgehead atoms. The molecule has 1 saturated carbocycles. The van der Waals surface area contributed by atoms with E-state index in [2.05, 4.69) is 29.6 Å². The molecule has 3 rings (SSSR count). The van der Waals surface area contributed by atoms with Crippen LogP contribution in [0.3, 0.4) is 0 Å². The van der Waals surface area contributed by atoms with Crippen molar-refractivity contribution in [2.45, 2.75) is 26.0 Å². The summed E-state index contributed by atoms with van der Waals surface area (Å²) in [5.41, 5.74) is 0. The third kappa shape index (κ3) is 2.68. The molecule has 1 heterocycles. The monoisotopic (exact) mass is 263 g/mol. The summed E-state index contributed by atoms with van der Waals surface area (Å²) in [6.07, 6.45) is 7.65. The zero-order chi connectivity index (χ0) is 12.4. The second-order valence-electron chi connectivity index (χ2n) is 5.47. The van der Waals surface area contributed by atoms with Crippen molar-refractivity contribution >= 4 is 11.3 Å². The Kier molecular flexibility index (Phi) is 3.83. The van der Waals surface area contributed by atoms with Crippen molar-refractivity contribution in [3.8, 4) is 0 Å². The van der Waals surface area contributed by atoms with Crippen LogP contribution < -0.4 is 5.32 Å². The van der Waals surface area contributed by atoms with Crippen molar-refractivity contribution in [2.24, 2.45) is 17.8 Å². The van der Waals surface area contributed by atoms with Crippen molar-refractivity contribution in [3.05, 3.63) is 34.0 Å². The minimum Gasteiger partial charge on any atom is -0.379 e. The molecule has 0 radical (unpaired) electrons. The van der Waals surface area contributed by atoms with Gasteiger partial charge in [-0.3, -0.25) is 0 Å². The molecule has 1 aromatic heterocycles. The Bertz CT molecular complexity index is 426. The molecule has 18 heavy (non-hydrogen) atoms. The lowest BCUT2D eigenvalue weighted by Crippen LogP contribution is -2.24. The Labute approximate surface area is 113 Å². The molecule has 0 aliphatic heterocycles. The van der Waals surface area contributed by atoms with Gasteiger partial charge in [0.25, 0.3) is 0 Å². The van der Waals surface area contributed by atoms with Crippen LogP contribution in [0.5, 0.6) is 0 Å². The highest BCUT2D eigenvalue weighted by Gasteiger charge is 2.34. The fraction of sp³-hybridized carbons (Fsp3) is 0.600. The van der Waals surface area contributed by atoms with E-state index in [1.807, 2.05) is 11.3 Å². The second kappa shape index (κ2) is 5.55. The summed E-state index contributed by atoms with van der Waals surface area (Å²) >= 11 is 1.85. The van der Waals surface area contributed by atoms with Crippen LogP contribution in [-0.2, 0) is 17.9 Å². The second-order valence-corrected chi connectivity index (χ2v) is 6.73. The first-order chi connectivity index (χ1) is 8.85. The number of nitrogens with one attached hydrogen (secondary N) is 1. The van der Waals surface area contributed by atoms with E-state index in [0.29, 0.717) is 0 Å². The molecule has 3 heteroatoms. The Morgan fingerprint density at radius 2 is 2.17 bits per heavy atom. The highest BCUT2D eigenvalue weighted by Crippen LogP contribution is 2.42. The largest absolute Gasteiger partial charge is 0.379 e. The zero-order valence-corrected chi connectivity index (χ0v) is 11.7. The number of allylic oxidation sites excluding steroid dienone is 2. The minimum absolute atomic E-state index is 0.738. The van der Waals surface area contributed by atoms with Gasteiger partial charge in [-0.25, -0.2) is 0 Å². The van der Waals surface area contributed by atoms with Crippen LogP contribution in [0.25, 0.3) is 0 Å². The van der Waals surface area contributed by atoms with E-state index < -0.39 is 0 Å². The molecule has 1 N–H and O–H groups in total. The number of thiophene rings is 1. The van der Waals surface area contributed by atoms with Crippen molar-refractivity contribution in [2.75, 3.05) is 13.7 Å². The van der Waals surface area contributed by atoms with Crippen molar-refractivity contribution in [3.63, 3.8) is 0 Å². The van der Waals surface area contributed by atoms with Gasteiger partial charge < -0.3 is 10.1 Å². The van der Waals surface area contributed by atoms with Crippen LogP contribution >= 0.6 is 11.3 Å².